The maximum Gasteiger partial charge on any atom is 0.164 e. The zero-order chi connectivity index (χ0) is 15.4. The SMILES string of the molecule is COc1ccc(-c2nncn2Cc2ccccc2)cc1OC. The molecule has 1 aromatic heterocycles. The van der Waals surface area contributed by atoms with Crippen molar-refractivity contribution in [2.75, 3.05) is 14.2 Å². The number of rotatable bonds is 5. The fourth-order valence-electron chi connectivity index (χ4n) is 2.35. The van der Waals surface area contributed by atoms with Crippen LogP contribution in [0.1, 0.15) is 5.56 Å². The van der Waals surface area contributed by atoms with Crippen LogP contribution in [0.25, 0.3) is 11.4 Å². The summed E-state index contributed by atoms with van der Waals surface area (Å²) >= 11 is 0. The van der Waals surface area contributed by atoms with Gasteiger partial charge in [-0.15, -0.1) is 10.2 Å². The van der Waals surface area contributed by atoms with E-state index in [4.69, 9.17) is 9.47 Å². The highest BCUT2D eigenvalue weighted by atomic mass is 16.5. The normalized spacial score (nSPS) is 10.5. The van der Waals surface area contributed by atoms with Gasteiger partial charge in [0.1, 0.15) is 6.33 Å². The van der Waals surface area contributed by atoms with E-state index in [0.717, 1.165) is 17.9 Å². The smallest absolute Gasteiger partial charge is 0.164 e. The van der Waals surface area contributed by atoms with Crippen molar-refractivity contribution in [1.29, 1.82) is 0 Å². The van der Waals surface area contributed by atoms with Crippen LogP contribution in [0.3, 0.4) is 0 Å². The zero-order valence-corrected chi connectivity index (χ0v) is 12.6. The molecule has 1 heterocycles. The van der Waals surface area contributed by atoms with Crippen molar-refractivity contribution in [2.45, 2.75) is 6.54 Å². The Kier molecular flexibility index (Phi) is 4.05. The van der Waals surface area contributed by atoms with Gasteiger partial charge in [-0.2, -0.15) is 0 Å². The Hall–Kier alpha value is -2.82. The van der Waals surface area contributed by atoms with Crippen molar-refractivity contribution < 1.29 is 9.47 Å². The Bertz CT molecular complexity index is 754. The van der Waals surface area contributed by atoms with Gasteiger partial charge in [0.25, 0.3) is 0 Å². The third-order valence-corrected chi connectivity index (χ3v) is 3.45. The average molecular weight is 295 g/mol. The highest BCUT2D eigenvalue weighted by Crippen LogP contribution is 2.31. The van der Waals surface area contributed by atoms with E-state index in [1.165, 1.54) is 5.56 Å². The van der Waals surface area contributed by atoms with Crippen LogP contribution < -0.4 is 9.47 Å². The Labute approximate surface area is 129 Å². The standard InChI is InChI=1S/C17H17N3O2/c1-21-15-9-8-14(10-16(15)22-2)17-19-18-12-20(17)11-13-6-4-3-5-7-13/h3-10,12H,11H2,1-2H3. The number of methoxy groups -OCH3 is 2. The minimum absolute atomic E-state index is 0.675. The van der Waals surface area contributed by atoms with Gasteiger partial charge in [0.2, 0.25) is 0 Å². The summed E-state index contributed by atoms with van der Waals surface area (Å²) in [4.78, 5) is 0. The predicted octanol–water partition coefficient (Wildman–Crippen LogP) is 3.01. The zero-order valence-electron chi connectivity index (χ0n) is 12.6. The molecule has 22 heavy (non-hydrogen) atoms. The van der Waals surface area contributed by atoms with E-state index < -0.39 is 0 Å². The fraction of sp³-hybridized carbons (Fsp3) is 0.176. The molecule has 2 aromatic carbocycles. The Balaban J connectivity index is 1.95. The summed E-state index contributed by atoms with van der Waals surface area (Å²) < 4.78 is 12.6. The third kappa shape index (κ3) is 2.79. The lowest BCUT2D eigenvalue weighted by molar-refractivity contribution is 0.355. The second kappa shape index (κ2) is 6.30. The fourth-order valence-corrected chi connectivity index (χ4v) is 2.35. The van der Waals surface area contributed by atoms with Crippen molar-refractivity contribution in [3.05, 3.63) is 60.4 Å². The topological polar surface area (TPSA) is 49.2 Å². The van der Waals surface area contributed by atoms with E-state index in [1.807, 2.05) is 41.0 Å². The summed E-state index contributed by atoms with van der Waals surface area (Å²) in [6.07, 6.45) is 1.74. The second-order valence-corrected chi connectivity index (χ2v) is 4.84. The van der Waals surface area contributed by atoms with E-state index in [0.29, 0.717) is 11.5 Å². The first-order valence-electron chi connectivity index (χ1n) is 6.96. The summed E-state index contributed by atoms with van der Waals surface area (Å²) in [7, 11) is 3.24. The van der Waals surface area contributed by atoms with Gasteiger partial charge >= 0.3 is 0 Å². The van der Waals surface area contributed by atoms with Crippen molar-refractivity contribution >= 4 is 0 Å². The van der Waals surface area contributed by atoms with Gasteiger partial charge in [0.15, 0.2) is 17.3 Å². The maximum atomic E-state index is 5.35. The summed E-state index contributed by atoms with van der Waals surface area (Å²) in [5.74, 6) is 2.17. The third-order valence-electron chi connectivity index (χ3n) is 3.45. The van der Waals surface area contributed by atoms with Gasteiger partial charge in [-0.3, -0.25) is 0 Å². The summed E-state index contributed by atoms with van der Waals surface area (Å²) in [6.45, 7) is 0.720. The molecule has 0 bridgehead atoms. The number of nitrogens with zero attached hydrogens (tertiary/aromatic N) is 3. The molecular weight excluding hydrogens is 278 g/mol. The molecule has 0 aliphatic rings. The van der Waals surface area contributed by atoms with Crippen LogP contribution >= 0.6 is 0 Å². The molecule has 3 aromatic rings. The molecule has 0 fully saturated rings. The first-order valence-corrected chi connectivity index (χ1v) is 6.96. The number of benzene rings is 2. The van der Waals surface area contributed by atoms with Crippen molar-refractivity contribution in [3.63, 3.8) is 0 Å². The number of ether oxygens (including phenoxy) is 2. The Morgan fingerprint density at radius 1 is 0.955 bits per heavy atom. The van der Waals surface area contributed by atoms with E-state index in [1.54, 1.807) is 20.5 Å². The molecule has 0 unspecified atom stereocenters. The van der Waals surface area contributed by atoms with Crippen LogP contribution in [0.15, 0.2) is 54.9 Å². The average Bonchev–Trinajstić information content (AvgIpc) is 3.03. The molecule has 0 saturated carbocycles. The minimum Gasteiger partial charge on any atom is -0.493 e. The van der Waals surface area contributed by atoms with Crippen molar-refractivity contribution in [3.8, 4) is 22.9 Å². The van der Waals surface area contributed by atoms with Crippen LogP contribution in [-0.4, -0.2) is 29.0 Å². The van der Waals surface area contributed by atoms with E-state index in [2.05, 4.69) is 22.3 Å². The molecule has 0 saturated heterocycles. The number of aromatic nitrogens is 3. The molecule has 0 aliphatic heterocycles. The van der Waals surface area contributed by atoms with Crippen molar-refractivity contribution in [2.24, 2.45) is 0 Å². The molecule has 0 N–H and O–H groups in total. The van der Waals surface area contributed by atoms with Crippen LogP contribution in [-0.2, 0) is 6.54 Å². The van der Waals surface area contributed by atoms with Gasteiger partial charge in [0.05, 0.1) is 20.8 Å². The minimum atomic E-state index is 0.675. The first-order chi connectivity index (χ1) is 10.8. The van der Waals surface area contributed by atoms with Gasteiger partial charge in [-0.05, 0) is 23.8 Å². The first kappa shape index (κ1) is 14.1. The molecule has 0 radical (unpaired) electrons. The second-order valence-electron chi connectivity index (χ2n) is 4.84. The molecule has 0 spiro atoms. The summed E-state index contributed by atoms with van der Waals surface area (Å²) in [5.41, 5.74) is 2.13. The lowest BCUT2D eigenvalue weighted by atomic mass is 10.1. The molecule has 3 rings (SSSR count). The highest BCUT2D eigenvalue weighted by molar-refractivity contribution is 5.61. The van der Waals surface area contributed by atoms with Gasteiger partial charge in [-0.1, -0.05) is 30.3 Å². The van der Waals surface area contributed by atoms with E-state index >= 15 is 0 Å². The van der Waals surface area contributed by atoms with Gasteiger partial charge < -0.3 is 14.0 Å². The Morgan fingerprint density at radius 2 is 1.73 bits per heavy atom. The molecule has 0 aliphatic carbocycles. The molecule has 5 nitrogen and oxygen atoms in total. The van der Waals surface area contributed by atoms with E-state index in [-0.39, 0.29) is 0 Å². The molecular formula is C17H17N3O2. The monoisotopic (exact) mass is 295 g/mol. The predicted molar refractivity (Wildman–Crippen MR) is 84.1 cm³/mol. The maximum absolute atomic E-state index is 5.35. The molecule has 5 heteroatoms. The highest BCUT2D eigenvalue weighted by Gasteiger charge is 2.11. The Morgan fingerprint density at radius 3 is 2.45 bits per heavy atom. The number of hydrogen-bond donors (Lipinski definition) is 0. The van der Waals surface area contributed by atoms with Crippen LogP contribution in [0.2, 0.25) is 0 Å². The molecule has 0 amide bonds. The number of hydrogen-bond acceptors (Lipinski definition) is 4. The van der Waals surface area contributed by atoms with Gasteiger partial charge in [0, 0.05) is 5.56 Å². The largest absolute Gasteiger partial charge is 0.493 e. The van der Waals surface area contributed by atoms with Gasteiger partial charge in [-0.25, -0.2) is 0 Å². The van der Waals surface area contributed by atoms with Crippen LogP contribution in [0, 0.1) is 0 Å². The van der Waals surface area contributed by atoms with E-state index in [9.17, 15) is 0 Å². The van der Waals surface area contributed by atoms with Crippen LogP contribution in [0.4, 0.5) is 0 Å². The lowest BCUT2D eigenvalue weighted by Gasteiger charge is -2.10. The molecule has 0 atom stereocenters. The quantitative estimate of drug-likeness (QED) is 0.726. The lowest BCUT2D eigenvalue weighted by Crippen LogP contribution is -2.01. The summed E-state index contributed by atoms with van der Waals surface area (Å²) in [6, 6.07) is 15.9. The van der Waals surface area contributed by atoms with Crippen molar-refractivity contribution in [1.82, 2.24) is 14.8 Å². The van der Waals surface area contributed by atoms with Crippen LogP contribution in [0.5, 0.6) is 11.5 Å². The summed E-state index contributed by atoms with van der Waals surface area (Å²) in [5, 5.41) is 8.26. The molecule has 112 valence electrons.